The SMILES string of the molecule is Cc1nnc(SCCl)o1. The minimum atomic E-state index is 0.446. The summed E-state index contributed by atoms with van der Waals surface area (Å²) in [6.45, 7) is 1.74. The van der Waals surface area contributed by atoms with Crippen LogP contribution in [-0.2, 0) is 0 Å². The molecule has 9 heavy (non-hydrogen) atoms. The fourth-order valence-corrected chi connectivity index (χ4v) is 1.03. The molecule has 0 amide bonds. The molecule has 0 radical (unpaired) electrons. The molecule has 0 spiro atoms. The Balaban J connectivity index is 2.61. The number of thioether (sulfide) groups is 1. The highest BCUT2D eigenvalue weighted by Gasteiger charge is 1.99. The normalized spacial score (nSPS) is 10.0. The Morgan fingerprint density at radius 3 is 2.89 bits per heavy atom. The van der Waals surface area contributed by atoms with Gasteiger partial charge in [-0.25, -0.2) is 0 Å². The predicted molar refractivity (Wildman–Crippen MR) is 35.6 cm³/mol. The van der Waals surface area contributed by atoms with Gasteiger partial charge in [0.05, 0.1) is 5.21 Å². The van der Waals surface area contributed by atoms with Gasteiger partial charge in [0, 0.05) is 6.92 Å². The monoisotopic (exact) mass is 164 g/mol. The maximum Gasteiger partial charge on any atom is 0.277 e. The predicted octanol–water partition coefficient (Wildman–Crippen LogP) is 1.67. The van der Waals surface area contributed by atoms with Gasteiger partial charge in [-0.05, 0) is 11.8 Å². The standard InChI is InChI=1S/C4H5ClN2OS/c1-3-6-7-4(8-3)9-2-5/h2H2,1H3. The Labute approximate surface area is 61.8 Å². The van der Waals surface area contributed by atoms with E-state index in [4.69, 9.17) is 16.0 Å². The number of nitrogens with zero attached hydrogens (tertiary/aromatic N) is 2. The van der Waals surface area contributed by atoms with Crippen LogP contribution in [0.25, 0.3) is 0 Å². The van der Waals surface area contributed by atoms with Gasteiger partial charge in [-0.3, -0.25) is 0 Å². The van der Waals surface area contributed by atoms with Gasteiger partial charge >= 0.3 is 0 Å². The van der Waals surface area contributed by atoms with Crippen molar-refractivity contribution in [2.75, 3.05) is 5.21 Å². The second-order valence-corrected chi connectivity index (χ2v) is 2.85. The van der Waals surface area contributed by atoms with Crippen LogP contribution < -0.4 is 0 Å². The fraction of sp³-hybridized carbons (Fsp3) is 0.500. The first-order chi connectivity index (χ1) is 4.33. The second-order valence-electron chi connectivity index (χ2n) is 1.34. The van der Waals surface area contributed by atoms with Crippen LogP contribution in [0, 0.1) is 6.92 Å². The Morgan fingerprint density at radius 1 is 1.67 bits per heavy atom. The summed E-state index contributed by atoms with van der Waals surface area (Å²) in [4.78, 5) is 0. The van der Waals surface area contributed by atoms with E-state index in [1.807, 2.05) is 0 Å². The molecular weight excluding hydrogens is 160 g/mol. The van der Waals surface area contributed by atoms with Gasteiger partial charge in [-0.1, -0.05) is 0 Å². The van der Waals surface area contributed by atoms with Gasteiger partial charge in [-0.15, -0.1) is 21.8 Å². The van der Waals surface area contributed by atoms with Crippen molar-refractivity contribution < 1.29 is 4.42 Å². The Bertz CT molecular complexity index is 190. The average molecular weight is 165 g/mol. The number of aryl methyl sites for hydroxylation is 1. The summed E-state index contributed by atoms with van der Waals surface area (Å²) >= 11 is 6.70. The molecule has 0 fully saturated rings. The van der Waals surface area contributed by atoms with Crippen LogP contribution in [0.1, 0.15) is 5.89 Å². The molecule has 0 aromatic carbocycles. The van der Waals surface area contributed by atoms with E-state index >= 15 is 0 Å². The molecule has 0 bridgehead atoms. The summed E-state index contributed by atoms with van der Waals surface area (Å²) in [7, 11) is 0. The summed E-state index contributed by atoms with van der Waals surface area (Å²) in [5.74, 6) is 0.572. The summed E-state index contributed by atoms with van der Waals surface area (Å²) in [5, 5.41) is 8.28. The lowest BCUT2D eigenvalue weighted by molar-refractivity contribution is 0.429. The zero-order valence-electron chi connectivity index (χ0n) is 4.80. The molecule has 0 atom stereocenters. The summed E-state index contributed by atoms with van der Waals surface area (Å²) < 4.78 is 4.98. The van der Waals surface area contributed by atoms with Crippen LogP contribution in [0.4, 0.5) is 0 Å². The van der Waals surface area contributed by atoms with E-state index in [1.54, 1.807) is 6.92 Å². The van der Waals surface area contributed by atoms with Crippen molar-refractivity contribution in [1.29, 1.82) is 0 Å². The third-order valence-electron chi connectivity index (χ3n) is 0.686. The third kappa shape index (κ3) is 1.87. The van der Waals surface area contributed by atoms with Crippen LogP contribution in [0.5, 0.6) is 0 Å². The van der Waals surface area contributed by atoms with Gasteiger partial charge < -0.3 is 4.42 Å². The maximum absolute atomic E-state index is 5.38. The highest BCUT2D eigenvalue weighted by Crippen LogP contribution is 2.15. The van der Waals surface area contributed by atoms with Crippen LogP contribution in [0.2, 0.25) is 0 Å². The van der Waals surface area contributed by atoms with Gasteiger partial charge in [0.15, 0.2) is 0 Å². The highest BCUT2D eigenvalue weighted by molar-refractivity contribution is 8.00. The lowest BCUT2D eigenvalue weighted by atomic mass is 10.8. The van der Waals surface area contributed by atoms with Gasteiger partial charge in [0.2, 0.25) is 5.89 Å². The quantitative estimate of drug-likeness (QED) is 0.493. The number of aromatic nitrogens is 2. The molecule has 1 heterocycles. The Kier molecular flexibility index (Phi) is 2.36. The second kappa shape index (κ2) is 3.08. The Hall–Kier alpha value is -0.220. The molecule has 0 saturated heterocycles. The first-order valence-corrected chi connectivity index (χ1v) is 3.84. The molecule has 3 nitrogen and oxygen atoms in total. The molecule has 0 N–H and O–H groups in total. The first-order valence-electron chi connectivity index (χ1n) is 2.32. The zero-order chi connectivity index (χ0) is 6.69. The van der Waals surface area contributed by atoms with Crippen molar-refractivity contribution in [2.24, 2.45) is 0 Å². The van der Waals surface area contributed by atoms with Crippen molar-refractivity contribution in [2.45, 2.75) is 12.1 Å². The van der Waals surface area contributed by atoms with E-state index in [-0.39, 0.29) is 0 Å². The molecule has 1 aromatic rings. The molecule has 0 saturated carbocycles. The topological polar surface area (TPSA) is 38.9 Å². The average Bonchev–Trinajstić information content (AvgIpc) is 2.17. The van der Waals surface area contributed by atoms with Crippen molar-refractivity contribution in [3.05, 3.63) is 5.89 Å². The van der Waals surface area contributed by atoms with Crippen molar-refractivity contribution >= 4 is 23.4 Å². The number of halogens is 1. The minimum Gasteiger partial charge on any atom is -0.416 e. The van der Waals surface area contributed by atoms with Crippen LogP contribution in [-0.4, -0.2) is 15.4 Å². The molecule has 1 aromatic heterocycles. The smallest absolute Gasteiger partial charge is 0.277 e. The maximum atomic E-state index is 5.38. The molecule has 50 valence electrons. The fourth-order valence-electron chi connectivity index (χ4n) is 0.383. The molecule has 0 unspecified atom stereocenters. The van der Waals surface area contributed by atoms with Crippen molar-refractivity contribution in [1.82, 2.24) is 10.2 Å². The van der Waals surface area contributed by atoms with Gasteiger partial charge in [0.25, 0.3) is 5.22 Å². The minimum absolute atomic E-state index is 0.446. The van der Waals surface area contributed by atoms with Crippen molar-refractivity contribution in [3.8, 4) is 0 Å². The number of rotatable bonds is 2. The lowest BCUT2D eigenvalue weighted by Crippen LogP contribution is -1.69. The summed E-state index contributed by atoms with van der Waals surface area (Å²) in [6.07, 6.45) is 0. The van der Waals surface area contributed by atoms with Gasteiger partial charge in [0.1, 0.15) is 0 Å². The molecular formula is C4H5ClN2OS. The van der Waals surface area contributed by atoms with E-state index in [2.05, 4.69) is 10.2 Å². The molecule has 5 heteroatoms. The summed E-state index contributed by atoms with van der Waals surface area (Å²) in [6, 6.07) is 0. The highest BCUT2D eigenvalue weighted by atomic mass is 35.5. The largest absolute Gasteiger partial charge is 0.416 e. The Morgan fingerprint density at radius 2 is 2.44 bits per heavy atom. The van der Waals surface area contributed by atoms with Crippen LogP contribution in [0.15, 0.2) is 9.64 Å². The van der Waals surface area contributed by atoms with E-state index in [0.717, 1.165) is 0 Å². The van der Waals surface area contributed by atoms with E-state index in [1.165, 1.54) is 11.8 Å². The molecule has 1 rings (SSSR count). The zero-order valence-corrected chi connectivity index (χ0v) is 6.37. The summed E-state index contributed by atoms with van der Waals surface area (Å²) in [5.41, 5.74) is 0. The van der Waals surface area contributed by atoms with E-state index < -0.39 is 0 Å². The molecule has 0 aliphatic rings. The van der Waals surface area contributed by atoms with E-state index in [9.17, 15) is 0 Å². The van der Waals surface area contributed by atoms with E-state index in [0.29, 0.717) is 16.3 Å². The van der Waals surface area contributed by atoms with Crippen LogP contribution in [0.3, 0.4) is 0 Å². The third-order valence-corrected chi connectivity index (χ3v) is 1.53. The lowest BCUT2D eigenvalue weighted by Gasteiger charge is -1.81. The van der Waals surface area contributed by atoms with Crippen molar-refractivity contribution in [3.63, 3.8) is 0 Å². The number of alkyl halides is 1. The molecule has 0 aliphatic heterocycles. The van der Waals surface area contributed by atoms with Gasteiger partial charge in [-0.2, -0.15) is 0 Å². The first kappa shape index (κ1) is 6.89. The molecule has 0 aliphatic carbocycles. The number of hydrogen-bond donors (Lipinski definition) is 0. The number of hydrogen-bond acceptors (Lipinski definition) is 4. The van der Waals surface area contributed by atoms with Crippen LogP contribution >= 0.6 is 23.4 Å².